The summed E-state index contributed by atoms with van der Waals surface area (Å²) in [7, 11) is 2.61. The first kappa shape index (κ1) is 18.4. The van der Waals surface area contributed by atoms with E-state index in [0.717, 1.165) is 16.7 Å². The molecule has 0 bridgehead atoms. The average Bonchev–Trinajstić information content (AvgIpc) is 2.73. The minimum absolute atomic E-state index is 0.215. The molecule has 0 unspecified atom stereocenters. The van der Waals surface area contributed by atoms with Gasteiger partial charge < -0.3 is 9.47 Å². The van der Waals surface area contributed by atoms with Gasteiger partial charge in [0.2, 0.25) is 0 Å². The molecule has 0 aromatic heterocycles. The van der Waals surface area contributed by atoms with Crippen molar-refractivity contribution in [2.24, 2.45) is 0 Å². The van der Waals surface area contributed by atoms with Crippen molar-refractivity contribution < 1.29 is 19.1 Å². The molecule has 0 saturated carbocycles. The third kappa shape index (κ3) is 3.47. The lowest BCUT2D eigenvalue weighted by molar-refractivity contribution is 0.0555. The second kappa shape index (κ2) is 7.87. The molecule has 0 aliphatic carbocycles. The zero-order valence-electron chi connectivity index (χ0n) is 15.5. The number of methoxy groups -OCH3 is 2. The number of esters is 2. The summed E-state index contributed by atoms with van der Waals surface area (Å²) in [5.74, 6) is -1.14. The predicted molar refractivity (Wildman–Crippen MR) is 105 cm³/mol. The fourth-order valence-electron chi connectivity index (χ4n) is 3.22. The molecule has 3 rings (SSSR count). The van der Waals surface area contributed by atoms with Crippen molar-refractivity contribution in [1.29, 1.82) is 0 Å². The molecule has 27 heavy (non-hydrogen) atoms. The van der Waals surface area contributed by atoms with Gasteiger partial charge in [0.1, 0.15) is 0 Å². The lowest BCUT2D eigenvalue weighted by Crippen LogP contribution is -2.16. The highest BCUT2D eigenvalue weighted by Crippen LogP contribution is 2.36. The highest BCUT2D eigenvalue weighted by molar-refractivity contribution is 6.10. The Balaban J connectivity index is 2.43. The minimum Gasteiger partial charge on any atom is -0.465 e. The summed E-state index contributed by atoms with van der Waals surface area (Å²) >= 11 is 0. The number of rotatable bonds is 4. The van der Waals surface area contributed by atoms with E-state index < -0.39 is 11.9 Å². The lowest BCUT2D eigenvalue weighted by Gasteiger charge is -2.18. The van der Waals surface area contributed by atoms with E-state index in [9.17, 15) is 9.59 Å². The van der Waals surface area contributed by atoms with Crippen LogP contribution in [-0.2, 0) is 9.47 Å². The second-order valence-electron chi connectivity index (χ2n) is 6.06. The summed E-state index contributed by atoms with van der Waals surface area (Å²) in [4.78, 5) is 25.2. The smallest absolute Gasteiger partial charge is 0.339 e. The molecule has 3 aromatic carbocycles. The SMILES string of the molecule is COC(=O)c1c(-c2ccccc2)cc(-c2ccccc2)c(C)c1C(=O)OC. The Hall–Kier alpha value is -3.40. The van der Waals surface area contributed by atoms with Gasteiger partial charge in [0.05, 0.1) is 25.3 Å². The van der Waals surface area contributed by atoms with Gasteiger partial charge in [0.25, 0.3) is 0 Å². The van der Waals surface area contributed by atoms with Crippen molar-refractivity contribution >= 4 is 11.9 Å². The van der Waals surface area contributed by atoms with Gasteiger partial charge in [-0.2, -0.15) is 0 Å². The van der Waals surface area contributed by atoms with E-state index in [1.54, 1.807) is 0 Å². The van der Waals surface area contributed by atoms with Crippen LogP contribution in [0.2, 0.25) is 0 Å². The Labute approximate surface area is 158 Å². The summed E-state index contributed by atoms with van der Waals surface area (Å²) < 4.78 is 9.98. The molecule has 0 amide bonds. The summed E-state index contributed by atoms with van der Waals surface area (Å²) in [5, 5.41) is 0. The van der Waals surface area contributed by atoms with Gasteiger partial charge in [0.15, 0.2) is 0 Å². The standard InChI is InChI=1S/C23H20O4/c1-15-18(16-10-6-4-7-11-16)14-19(17-12-8-5-9-13-17)21(23(25)27-3)20(15)22(24)26-2/h4-14H,1-3H3. The molecule has 0 heterocycles. The molecule has 3 aromatic rings. The van der Waals surface area contributed by atoms with Crippen LogP contribution in [0.1, 0.15) is 26.3 Å². The zero-order chi connectivity index (χ0) is 19.4. The Morgan fingerprint density at radius 1 is 0.667 bits per heavy atom. The van der Waals surface area contributed by atoms with Crippen LogP contribution in [0, 0.1) is 6.92 Å². The van der Waals surface area contributed by atoms with E-state index >= 15 is 0 Å². The highest BCUT2D eigenvalue weighted by Gasteiger charge is 2.27. The molecule has 0 fully saturated rings. The molecule has 4 nitrogen and oxygen atoms in total. The maximum atomic E-state index is 12.6. The van der Waals surface area contributed by atoms with Gasteiger partial charge in [-0.25, -0.2) is 9.59 Å². The van der Waals surface area contributed by atoms with Gasteiger partial charge in [-0.3, -0.25) is 0 Å². The van der Waals surface area contributed by atoms with Crippen molar-refractivity contribution in [3.8, 4) is 22.3 Å². The van der Waals surface area contributed by atoms with Crippen molar-refractivity contribution in [3.63, 3.8) is 0 Å². The van der Waals surface area contributed by atoms with E-state index in [2.05, 4.69) is 0 Å². The summed E-state index contributed by atoms with van der Waals surface area (Å²) in [6, 6.07) is 21.1. The molecule has 136 valence electrons. The van der Waals surface area contributed by atoms with E-state index in [0.29, 0.717) is 11.1 Å². The number of benzene rings is 3. The minimum atomic E-state index is -0.572. The summed E-state index contributed by atoms with van der Waals surface area (Å²) in [6.45, 7) is 1.82. The molecule has 0 N–H and O–H groups in total. The first-order valence-corrected chi connectivity index (χ1v) is 8.53. The van der Waals surface area contributed by atoms with E-state index in [1.807, 2.05) is 73.7 Å². The van der Waals surface area contributed by atoms with Crippen molar-refractivity contribution in [1.82, 2.24) is 0 Å². The Bertz CT molecular complexity index is 976. The highest BCUT2D eigenvalue weighted by atomic mass is 16.5. The first-order chi connectivity index (χ1) is 13.1. The van der Waals surface area contributed by atoms with Crippen LogP contribution in [0.15, 0.2) is 66.7 Å². The monoisotopic (exact) mass is 360 g/mol. The molecule has 0 radical (unpaired) electrons. The Morgan fingerprint density at radius 2 is 1.11 bits per heavy atom. The van der Waals surface area contributed by atoms with Gasteiger partial charge in [-0.1, -0.05) is 60.7 Å². The van der Waals surface area contributed by atoms with Crippen LogP contribution in [-0.4, -0.2) is 26.2 Å². The molecule has 0 spiro atoms. The van der Waals surface area contributed by atoms with Crippen LogP contribution in [0.3, 0.4) is 0 Å². The lowest BCUT2D eigenvalue weighted by atomic mass is 9.86. The summed E-state index contributed by atoms with van der Waals surface area (Å²) in [5.41, 5.74) is 4.38. The van der Waals surface area contributed by atoms with Crippen LogP contribution in [0.5, 0.6) is 0 Å². The quantitative estimate of drug-likeness (QED) is 0.621. The van der Waals surface area contributed by atoms with E-state index in [4.69, 9.17) is 9.47 Å². The average molecular weight is 360 g/mol. The zero-order valence-corrected chi connectivity index (χ0v) is 15.5. The maximum Gasteiger partial charge on any atom is 0.339 e. The van der Waals surface area contributed by atoms with Crippen molar-refractivity contribution in [3.05, 3.63) is 83.4 Å². The number of hydrogen-bond donors (Lipinski definition) is 0. The van der Waals surface area contributed by atoms with Crippen LogP contribution < -0.4 is 0 Å². The van der Waals surface area contributed by atoms with Gasteiger partial charge in [0, 0.05) is 0 Å². The summed E-state index contributed by atoms with van der Waals surface area (Å²) in [6.07, 6.45) is 0. The van der Waals surface area contributed by atoms with E-state index in [-0.39, 0.29) is 11.1 Å². The molecule has 0 aliphatic rings. The van der Waals surface area contributed by atoms with Gasteiger partial charge >= 0.3 is 11.9 Å². The predicted octanol–water partition coefficient (Wildman–Crippen LogP) is 4.90. The first-order valence-electron chi connectivity index (χ1n) is 8.53. The van der Waals surface area contributed by atoms with Crippen LogP contribution in [0.25, 0.3) is 22.3 Å². The number of carbonyl (C=O) groups is 2. The van der Waals surface area contributed by atoms with Crippen LogP contribution in [0.4, 0.5) is 0 Å². The molecule has 0 atom stereocenters. The second-order valence-corrected chi connectivity index (χ2v) is 6.06. The molecule has 4 heteroatoms. The third-order valence-corrected chi connectivity index (χ3v) is 4.54. The number of hydrogen-bond acceptors (Lipinski definition) is 4. The third-order valence-electron chi connectivity index (χ3n) is 4.54. The Morgan fingerprint density at radius 3 is 1.59 bits per heavy atom. The fraction of sp³-hybridized carbons (Fsp3) is 0.130. The molecular formula is C23H20O4. The molecular weight excluding hydrogens is 340 g/mol. The molecule has 0 aliphatic heterocycles. The molecule has 0 saturated heterocycles. The number of carbonyl (C=O) groups excluding carboxylic acids is 2. The fourth-order valence-corrected chi connectivity index (χ4v) is 3.22. The van der Waals surface area contributed by atoms with Gasteiger partial charge in [-0.15, -0.1) is 0 Å². The normalized spacial score (nSPS) is 10.3. The van der Waals surface area contributed by atoms with Crippen molar-refractivity contribution in [2.75, 3.05) is 14.2 Å². The number of ether oxygens (including phenoxy) is 2. The Kier molecular flexibility index (Phi) is 5.36. The maximum absolute atomic E-state index is 12.6. The van der Waals surface area contributed by atoms with E-state index in [1.165, 1.54) is 14.2 Å². The van der Waals surface area contributed by atoms with Crippen molar-refractivity contribution in [2.45, 2.75) is 6.92 Å². The van der Waals surface area contributed by atoms with Gasteiger partial charge in [-0.05, 0) is 40.8 Å². The topological polar surface area (TPSA) is 52.6 Å². The van der Waals surface area contributed by atoms with Crippen LogP contribution >= 0.6 is 0 Å². The largest absolute Gasteiger partial charge is 0.465 e.